The summed E-state index contributed by atoms with van der Waals surface area (Å²) in [5, 5.41) is 0. The summed E-state index contributed by atoms with van der Waals surface area (Å²) >= 11 is 0. The van der Waals surface area contributed by atoms with Crippen molar-refractivity contribution in [3.8, 4) is 0 Å². The van der Waals surface area contributed by atoms with Crippen LogP contribution in [-0.2, 0) is 0 Å². The Balaban J connectivity index is 3.44. The van der Waals surface area contributed by atoms with E-state index in [0.29, 0.717) is 12.8 Å². The van der Waals surface area contributed by atoms with Gasteiger partial charge in [-0.05, 0) is 11.8 Å². The smallest absolute Gasteiger partial charge is 0.0300 e. The second-order valence-electron chi connectivity index (χ2n) is 2.97. The highest BCUT2D eigenvalue weighted by Crippen LogP contribution is 2.16. The van der Waals surface area contributed by atoms with Gasteiger partial charge >= 0.3 is 0 Å². The summed E-state index contributed by atoms with van der Waals surface area (Å²) < 4.78 is 14.7. The lowest BCUT2D eigenvalue weighted by Gasteiger charge is -2.13. The lowest BCUT2D eigenvalue weighted by atomic mass is 9.93. The molecule has 0 amide bonds. The van der Waals surface area contributed by atoms with Gasteiger partial charge in [0.25, 0.3) is 0 Å². The molecular weight excluding hydrogens is 108 g/mol. The third-order valence-electron chi connectivity index (χ3n) is 1.87. The molecule has 0 aliphatic rings. The van der Waals surface area contributed by atoms with Crippen molar-refractivity contribution < 1.29 is 2.74 Å². The summed E-state index contributed by atoms with van der Waals surface area (Å²) in [7, 11) is 0. The van der Waals surface area contributed by atoms with Crippen molar-refractivity contribution in [2.75, 3.05) is 0 Å². The Morgan fingerprint density at radius 1 is 1.44 bits per heavy atom. The van der Waals surface area contributed by atoms with Crippen LogP contribution in [0.2, 0.25) is 0 Å². The van der Waals surface area contributed by atoms with Gasteiger partial charge in [-0.25, -0.2) is 0 Å². The van der Waals surface area contributed by atoms with Crippen LogP contribution in [0.5, 0.6) is 0 Å². The van der Waals surface area contributed by atoms with E-state index in [2.05, 4.69) is 6.92 Å². The maximum absolute atomic E-state index is 7.73. The van der Waals surface area contributed by atoms with Crippen LogP contribution in [0.15, 0.2) is 0 Å². The van der Waals surface area contributed by atoms with Gasteiger partial charge in [0, 0.05) is 2.74 Å². The quantitative estimate of drug-likeness (QED) is 0.511. The van der Waals surface area contributed by atoms with E-state index in [1.165, 1.54) is 0 Å². The van der Waals surface area contributed by atoms with E-state index in [9.17, 15) is 0 Å². The monoisotopic (exact) mass is 130 g/mol. The summed E-state index contributed by atoms with van der Waals surface area (Å²) in [6, 6.07) is 0. The summed E-state index contributed by atoms with van der Waals surface area (Å²) in [6.45, 7) is 6.57. The predicted molar refractivity (Wildman–Crippen MR) is 43.5 cm³/mol. The van der Waals surface area contributed by atoms with Crippen LogP contribution in [0.1, 0.15) is 49.7 Å². The Bertz CT molecular complexity index is 94.2. The topological polar surface area (TPSA) is 0 Å². The van der Waals surface area contributed by atoms with Gasteiger partial charge < -0.3 is 0 Å². The zero-order valence-electron chi connectivity index (χ0n) is 8.91. The molecule has 0 N–H and O–H groups in total. The average molecular weight is 130 g/mol. The standard InChI is InChI=1S/C9H20/c1-5-6-7-9(4)8(2)3/h8-9H,5-7H2,1-4H3/i1D,8D. The lowest BCUT2D eigenvalue weighted by molar-refractivity contribution is 0.381. The van der Waals surface area contributed by atoms with Gasteiger partial charge in [0.2, 0.25) is 0 Å². The zero-order chi connectivity index (χ0) is 8.91. The Morgan fingerprint density at radius 2 is 2.11 bits per heavy atom. The maximum Gasteiger partial charge on any atom is 0.0300 e. The molecule has 0 saturated heterocycles. The van der Waals surface area contributed by atoms with E-state index in [1.54, 1.807) is 0 Å². The molecule has 0 aromatic carbocycles. The third-order valence-corrected chi connectivity index (χ3v) is 1.87. The SMILES string of the molecule is [2H]CCCCC(C)C([2H])(C)C. The van der Waals surface area contributed by atoms with Crippen LogP contribution < -0.4 is 0 Å². The molecule has 9 heavy (non-hydrogen) atoms. The highest BCUT2D eigenvalue weighted by molar-refractivity contribution is 4.55. The first-order valence-electron chi connectivity index (χ1n) is 4.98. The van der Waals surface area contributed by atoms with Crippen LogP contribution in [-0.4, -0.2) is 0 Å². The van der Waals surface area contributed by atoms with E-state index >= 15 is 0 Å². The molecule has 0 fully saturated rings. The Hall–Kier alpha value is 0. The molecule has 0 aliphatic carbocycles. The molecule has 1 atom stereocenters. The minimum absolute atomic E-state index is 0.304. The highest BCUT2D eigenvalue weighted by atomic mass is 14.1. The first kappa shape index (κ1) is 5.76. The molecule has 0 spiro atoms. The molecule has 0 aromatic rings. The van der Waals surface area contributed by atoms with Crippen LogP contribution in [0.4, 0.5) is 0 Å². The van der Waals surface area contributed by atoms with Crippen molar-refractivity contribution >= 4 is 0 Å². The van der Waals surface area contributed by atoms with Crippen molar-refractivity contribution in [1.29, 1.82) is 0 Å². The molecule has 0 aromatic heterocycles. The highest BCUT2D eigenvalue weighted by Gasteiger charge is 2.04. The average Bonchev–Trinajstić information content (AvgIpc) is 1.86. The van der Waals surface area contributed by atoms with Crippen molar-refractivity contribution in [3.05, 3.63) is 0 Å². The van der Waals surface area contributed by atoms with Crippen molar-refractivity contribution in [2.45, 2.75) is 46.9 Å². The Morgan fingerprint density at radius 3 is 2.56 bits per heavy atom. The summed E-state index contributed by atoms with van der Waals surface area (Å²) in [6.07, 6.45) is 3.18. The predicted octanol–water partition coefficient (Wildman–Crippen LogP) is 3.47. The third kappa shape index (κ3) is 4.50. The fraction of sp³-hybridized carbons (Fsp3) is 1.00. The Kier molecular flexibility index (Phi) is 3.10. The second-order valence-corrected chi connectivity index (χ2v) is 2.97. The molecule has 1 unspecified atom stereocenters. The fourth-order valence-corrected chi connectivity index (χ4v) is 0.739. The summed E-state index contributed by atoms with van der Waals surface area (Å²) in [5.74, 6) is 0.149. The van der Waals surface area contributed by atoms with E-state index in [0.717, 1.165) is 19.3 Å². The van der Waals surface area contributed by atoms with Gasteiger partial charge in [-0.3, -0.25) is 0 Å². The van der Waals surface area contributed by atoms with Crippen molar-refractivity contribution in [2.24, 2.45) is 11.8 Å². The molecule has 0 rings (SSSR count). The number of rotatable bonds is 4. The molecule has 0 saturated carbocycles. The minimum Gasteiger partial charge on any atom is -0.0654 e. The largest absolute Gasteiger partial charge is 0.0654 e. The van der Waals surface area contributed by atoms with Crippen LogP contribution >= 0.6 is 0 Å². The number of hydrogen-bond acceptors (Lipinski definition) is 0. The Labute approximate surface area is 62.5 Å². The van der Waals surface area contributed by atoms with Gasteiger partial charge in [0.1, 0.15) is 0 Å². The zero-order valence-corrected chi connectivity index (χ0v) is 6.91. The van der Waals surface area contributed by atoms with Crippen molar-refractivity contribution in [1.82, 2.24) is 0 Å². The van der Waals surface area contributed by atoms with Crippen molar-refractivity contribution in [3.63, 3.8) is 0 Å². The van der Waals surface area contributed by atoms with E-state index < -0.39 is 0 Å². The maximum atomic E-state index is 7.73. The van der Waals surface area contributed by atoms with E-state index in [-0.39, 0.29) is 5.89 Å². The second kappa shape index (κ2) is 4.84. The fourth-order valence-electron chi connectivity index (χ4n) is 0.739. The summed E-state index contributed by atoms with van der Waals surface area (Å²) in [5.41, 5.74) is 0. The van der Waals surface area contributed by atoms with Gasteiger partial charge in [0.05, 0.1) is 0 Å². The molecular formula is C9H20. The molecule has 0 nitrogen and oxygen atoms in total. The van der Waals surface area contributed by atoms with E-state index in [1.807, 2.05) is 13.8 Å². The van der Waals surface area contributed by atoms with Crippen LogP contribution in [0.3, 0.4) is 0 Å². The normalized spacial score (nSPS) is 18.6. The first-order valence-corrected chi connectivity index (χ1v) is 3.77. The van der Waals surface area contributed by atoms with Gasteiger partial charge in [-0.15, -0.1) is 0 Å². The number of unbranched alkanes of at least 4 members (excludes halogenated alkanes) is 1. The molecule has 56 valence electrons. The minimum atomic E-state index is -0.304. The van der Waals surface area contributed by atoms with E-state index in [4.69, 9.17) is 2.74 Å². The van der Waals surface area contributed by atoms with Crippen LogP contribution in [0, 0.1) is 11.8 Å². The molecule has 0 heterocycles. The van der Waals surface area contributed by atoms with Gasteiger partial charge in [0.15, 0.2) is 0 Å². The molecule has 0 bridgehead atoms. The van der Waals surface area contributed by atoms with Gasteiger partial charge in [-0.2, -0.15) is 0 Å². The van der Waals surface area contributed by atoms with Gasteiger partial charge in [-0.1, -0.05) is 46.9 Å². The number of hydrogen-bond donors (Lipinski definition) is 0. The molecule has 0 radical (unpaired) electrons. The first-order chi connectivity index (χ1) is 4.98. The molecule has 0 heteroatoms. The molecule has 0 aliphatic heterocycles. The lowest BCUT2D eigenvalue weighted by Crippen LogP contribution is -2.02. The van der Waals surface area contributed by atoms with Crippen LogP contribution in [0.25, 0.3) is 0 Å². The summed E-state index contributed by atoms with van der Waals surface area (Å²) in [4.78, 5) is 0.